The molecule has 0 saturated carbocycles. The average Bonchev–Trinajstić information content (AvgIpc) is 2.29. The second-order valence-electron chi connectivity index (χ2n) is 4.76. The van der Waals surface area contributed by atoms with Gasteiger partial charge in [0.15, 0.2) is 5.78 Å². The van der Waals surface area contributed by atoms with Gasteiger partial charge in [0.25, 0.3) is 0 Å². The molecule has 0 bridgehead atoms. The third-order valence-corrected chi connectivity index (χ3v) is 4.62. The van der Waals surface area contributed by atoms with Gasteiger partial charge >= 0.3 is 0 Å². The van der Waals surface area contributed by atoms with Crippen LogP contribution in [0.5, 0.6) is 0 Å². The lowest BCUT2D eigenvalue weighted by Gasteiger charge is -2.18. The summed E-state index contributed by atoms with van der Waals surface area (Å²) in [5.74, 6) is 0.290. The van der Waals surface area contributed by atoms with Gasteiger partial charge in [-0.2, -0.15) is 0 Å². The number of carbonyl (C=O) groups excluding carboxylic acids is 1. The maximum absolute atomic E-state index is 12.0. The average molecular weight is 293 g/mol. The number of allylic oxidation sites excluding steroid dienone is 2. The van der Waals surface area contributed by atoms with Crippen LogP contribution in [0.2, 0.25) is 0 Å². The van der Waals surface area contributed by atoms with Crippen molar-refractivity contribution in [1.29, 1.82) is 0 Å². The Morgan fingerprint density at radius 2 is 1.88 bits per heavy atom. The van der Waals surface area contributed by atoms with Gasteiger partial charge in [0.1, 0.15) is 0 Å². The van der Waals surface area contributed by atoms with E-state index in [-0.39, 0.29) is 0 Å². The van der Waals surface area contributed by atoms with Crippen molar-refractivity contribution in [1.82, 2.24) is 0 Å². The van der Waals surface area contributed by atoms with Crippen molar-refractivity contribution >= 4 is 27.3 Å². The number of rotatable bonds is 1. The zero-order valence-electron chi connectivity index (χ0n) is 10.6. The first-order valence-corrected chi connectivity index (χ1v) is 6.81. The molecule has 0 saturated heterocycles. The van der Waals surface area contributed by atoms with Crippen LogP contribution in [0.3, 0.4) is 0 Å². The van der Waals surface area contributed by atoms with Crippen LogP contribution >= 0.6 is 15.9 Å². The summed E-state index contributed by atoms with van der Waals surface area (Å²) in [6, 6.07) is 2.15. The Bertz CT molecular complexity index is 512. The highest BCUT2D eigenvalue weighted by Gasteiger charge is 2.20. The van der Waals surface area contributed by atoms with E-state index in [0.29, 0.717) is 12.2 Å². The first-order chi connectivity index (χ1) is 8.02. The molecule has 1 aromatic rings. The molecule has 0 fully saturated rings. The highest BCUT2D eigenvalue weighted by Crippen LogP contribution is 2.34. The molecular formula is C15H17BrO. The largest absolute Gasteiger partial charge is 0.294 e. The molecule has 0 radical (unpaired) electrons. The van der Waals surface area contributed by atoms with Crippen LogP contribution in [0.15, 0.2) is 16.6 Å². The van der Waals surface area contributed by atoms with Crippen LogP contribution in [0, 0.1) is 20.8 Å². The highest BCUT2D eigenvalue weighted by molar-refractivity contribution is 9.10. The van der Waals surface area contributed by atoms with Crippen molar-refractivity contribution in [3.8, 4) is 0 Å². The summed E-state index contributed by atoms with van der Waals surface area (Å²) in [7, 11) is 0. The number of hydrogen-bond acceptors (Lipinski definition) is 1. The van der Waals surface area contributed by atoms with Crippen LogP contribution in [-0.2, 0) is 4.79 Å². The number of carbonyl (C=O) groups is 1. The lowest BCUT2D eigenvalue weighted by molar-refractivity contribution is -0.114. The topological polar surface area (TPSA) is 17.1 Å². The van der Waals surface area contributed by atoms with E-state index >= 15 is 0 Å². The number of benzene rings is 1. The SMILES string of the molecule is Cc1cc(C)c(C2=CCCCC2=O)c(C)c1Br. The molecule has 1 aromatic carbocycles. The predicted octanol–water partition coefficient (Wildman–Crippen LogP) is 4.51. The minimum atomic E-state index is 0.290. The number of hydrogen-bond donors (Lipinski definition) is 0. The van der Waals surface area contributed by atoms with Gasteiger partial charge in [-0.3, -0.25) is 4.79 Å². The van der Waals surface area contributed by atoms with Crippen LogP contribution in [0.4, 0.5) is 0 Å². The molecular weight excluding hydrogens is 276 g/mol. The van der Waals surface area contributed by atoms with E-state index in [2.05, 4.69) is 48.8 Å². The predicted molar refractivity (Wildman–Crippen MR) is 75.2 cm³/mol. The summed E-state index contributed by atoms with van der Waals surface area (Å²) in [6.45, 7) is 6.26. The molecule has 17 heavy (non-hydrogen) atoms. The molecule has 2 heteroatoms. The third-order valence-electron chi connectivity index (χ3n) is 3.40. The van der Waals surface area contributed by atoms with Gasteiger partial charge in [0.05, 0.1) is 0 Å². The van der Waals surface area contributed by atoms with Crippen molar-refractivity contribution in [2.24, 2.45) is 0 Å². The van der Waals surface area contributed by atoms with Crippen LogP contribution in [-0.4, -0.2) is 5.78 Å². The van der Waals surface area contributed by atoms with E-state index in [1.54, 1.807) is 0 Å². The van der Waals surface area contributed by atoms with Gasteiger partial charge < -0.3 is 0 Å². The number of Topliss-reactive ketones (excluding diaryl/α,β-unsaturated/α-hetero) is 1. The molecule has 0 unspecified atom stereocenters. The Balaban J connectivity index is 2.63. The Kier molecular flexibility index (Phi) is 3.53. The maximum atomic E-state index is 12.0. The smallest absolute Gasteiger partial charge is 0.163 e. The first kappa shape index (κ1) is 12.6. The first-order valence-electron chi connectivity index (χ1n) is 6.02. The van der Waals surface area contributed by atoms with E-state index in [1.807, 2.05) is 0 Å². The van der Waals surface area contributed by atoms with Crippen molar-refractivity contribution in [2.75, 3.05) is 0 Å². The molecule has 0 spiro atoms. The Morgan fingerprint density at radius 3 is 2.53 bits per heavy atom. The monoisotopic (exact) mass is 292 g/mol. The number of ketones is 1. The highest BCUT2D eigenvalue weighted by atomic mass is 79.9. The lowest BCUT2D eigenvalue weighted by atomic mass is 9.86. The summed E-state index contributed by atoms with van der Waals surface area (Å²) >= 11 is 3.61. The Labute approximate surface area is 111 Å². The van der Waals surface area contributed by atoms with Crippen LogP contribution in [0.1, 0.15) is 41.5 Å². The van der Waals surface area contributed by atoms with Crippen molar-refractivity contribution < 1.29 is 4.79 Å². The number of aryl methyl sites for hydroxylation is 2. The summed E-state index contributed by atoms with van der Waals surface area (Å²) < 4.78 is 1.12. The molecule has 0 atom stereocenters. The Morgan fingerprint density at radius 1 is 1.18 bits per heavy atom. The standard InChI is InChI=1S/C15H17BrO/c1-9-8-10(2)15(16)11(3)14(9)12-6-4-5-7-13(12)17/h6,8H,4-5,7H2,1-3H3. The fourth-order valence-corrected chi connectivity index (χ4v) is 2.89. The lowest BCUT2D eigenvalue weighted by Crippen LogP contribution is -2.09. The molecule has 1 nitrogen and oxygen atoms in total. The second kappa shape index (κ2) is 4.77. The molecule has 2 rings (SSSR count). The van der Waals surface area contributed by atoms with Crippen LogP contribution < -0.4 is 0 Å². The summed E-state index contributed by atoms with van der Waals surface area (Å²) in [6.07, 6.45) is 4.80. The molecule has 0 N–H and O–H groups in total. The fourth-order valence-electron chi connectivity index (χ4n) is 2.57. The zero-order chi connectivity index (χ0) is 12.6. The van der Waals surface area contributed by atoms with Gasteiger partial charge in [0.2, 0.25) is 0 Å². The fraction of sp³-hybridized carbons (Fsp3) is 0.400. The van der Waals surface area contributed by atoms with Crippen molar-refractivity contribution in [3.05, 3.63) is 38.9 Å². The van der Waals surface area contributed by atoms with Crippen molar-refractivity contribution in [3.63, 3.8) is 0 Å². The molecule has 90 valence electrons. The normalized spacial score (nSPS) is 16.0. The van der Waals surface area contributed by atoms with E-state index in [4.69, 9.17) is 0 Å². The molecule has 0 aliphatic heterocycles. The summed E-state index contributed by atoms with van der Waals surface area (Å²) in [5, 5.41) is 0. The van der Waals surface area contributed by atoms with Gasteiger partial charge in [-0.15, -0.1) is 0 Å². The minimum absolute atomic E-state index is 0.290. The van der Waals surface area contributed by atoms with E-state index in [9.17, 15) is 4.79 Å². The molecule has 0 heterocycles. The van der Waals surface area contributed by atoms with Gasteiger partial charge in [-0.05, 0) is 55.9 Å². The molecule has 1 aliphatic rings. The molecule has 1 aliphatic carbocycles. The zero-order valence-corrected chi connectivity index (χ0v) is 12.1. The Hall–Kier alpha value is -0.890. The molecule has 0 aromatic heterocycles. The third kappa shape index (κ3) is 2.23. The van der Waals surface area contributed by atoms with Crippen molar-refractivity contribution in [2.45, 2.75) is 40.0 Å². The molecule has 0 amide bonds. The van der Waals surface area contributed by atoms with Gasteiger partial charge in [0, 0.05) is 16.5 Å². The summed E-state index contributed by atoms with van der Waals surface area (Å²) in [4.78, 5) is 12.0. The van der Waals surface area contributed by atoms with E-state index < -0.39 is 0 Å². The minimum Gasteiger partial charge on any atom is -0.294 e. The van der Waals surface area contributed by atoms with Gasteiger partial charge in [-0.1, -0.05) is 28.1 Å². The van der Waals surface area contributed by atoms with E-state index in [1.165, 1.54) is 16.7 Å². The maximum Gasteiger partial charge on any atom is 0.163 e. The second-order valence-corrected chi connectivity index (χ2v) is 5.55. The number of halogens is 1. The summed E-state index contributed by atoms with van der Waals surface area (Å²) in [5.41, 5.74) is 5.67. The van der Waals surface area contributed by atoms with Crippen LogP contribution in [0.25, 0.3) is 5.57 Å². The van der Waals surface area contributed by atoms with E-state index in [0.717, 1.165) is 28.5 Å². The van der Waals surface area contributed by atoms with Gasteiger partial charge in [-0.25, -0.2) is 0 Å². The quantitative estimate of drug-likeness (QED) is 0.744.